The molecule has 35 heavy (non-hydrogen) atoms. The number of urea groups is 1. The molecule has 2 atom stereocenters. The van der Waals surface area contributed by atoms with Crippen molar-refractivity contribution < 1.29 is 22.7 Å². The van der Waals surface area contributed by atoms with Crippen LogP contribution in [0, 0.1) is 0 Å². The zero-order valence-electron chi connectivity index (χ0n) is 20.6. The SMILES string of the molecule is CC[C@H](CCC(F)(F)F)NC(=O)N(C(C)C)[C@H](C)c1cccc(-c2cn3ccnc3c(OC)n2)c1. The number of imidazole rings is 1. The van der Waals surface area contributed by atoms with Crippen LogP contribution in [0.15, 0.2) is 42.9 Å². The number of ether oxygens (including phenoxy) is 1. The molecule has 0 aliphatic heterocycles. The van der Waals surface area contributed by atoms with Crippen molar-refractivity contribution in [1.82, 2.24) is 24.6 Å². The maximum atomic E-state index is 13.1. The average molecular weight is 492 g/mol. The van der Waals surface area contributed by atoms with E-state index in [1.807, 2.05) is 61.8 Å². The van der Waals surface area contributed by atoms with Crippen molar-refractivity contribution in [3.63, 3.8) is 0 Å². The predicted molar refractivity (Wildman–Crippen MR) is 128 cm³/mol. The summed E-state index contributed by atoms with van der Waals surface area (Å²) < 4.78 is 45.3. The Morgan fingerprint density at radius 1 is 1.26 bits per heavy atom. The van der Waals surface area contributed by atoms with Crippen LogP contribution in [0.4, 0.5) is 18.0 Å². The van der Waals surface area contributed by atoms with E-state index in [1.165, 1.54) is 7.11 Å². The first-order valence-electron chi connectivity index (χ1n) is 11.7. The highest BCUT2D eigenvalue weighted by atomic mass is 19.4. The summed E-state index contributed by atoms with van der Waals surface area (Å²) in [4.78, 5) is 23.6. The van der Waals surface area contributed by atoms with Crippen molar-refractivity contribution in [3.8, 4) is 17.1 Å². The van der Waals surface area contributed by atoms with Gasteiger partial charge >= 0.3 is 12.2 Å². The van der Waals surface area contributed by atoms with Gasteiger partial charge in [0.2, 0.25) is 0 Å². The lowest BCUT2D eigenvalue weighted by Crippen LogP contribution is -2.48. The van der Waals surface area contributed by atoms with Crippen molar-refractivity contribution in [2.75, 3.05) is 7.11 Å². The van der Waals surface area contributed by atoms with Gasteiger partial charge in [-0.25, -0.2) is 14.8 Å². The molecule has 7 nitrogen and oxygen atoms in total. The minimum Gasteiger partial charge on any atom is -0.478 e. The molecular weight excluding hydrogens is 459 g/mol. The topological polar surface area (TPSA) is 71.8 Å². The molecule has 0 saturated carbocycles. The van der Waals surface area contributed by atoms with Gasteiger partial charge in [0.1, 0.15) is 0 Å². The molecule has 3 aromatic rings. The largest absolute Gasteiger partial charge is 0.478 e. The summed E-state index contributed by atoms with van der Waals surface area (Å²) in [5, 5.41) is 2.80. The molecule has 0 spiro atoms. The van der Waals surface area contributed by atoms with Crippen LogP contribution in [-0.2, 0) is 0 Å². The number of hydrogen-bond acceptors (Lipinski definition) is 4. The smallest absolute Gasteiger partial charge is 0.389 e. The summed E-state index contributed by atoms with van der Waals surface area (Å²) in [7, 11) is 1.54. The maximum absolute atomic E-state index is 13.1. The highest BCUT2D eigenvalue weighted by Crippen LogP contribution is 2.29. The molecule has 2 aromatic heterocycles. The third-order valence-electron chi connectivity index (χ3n) is 6.01. The Bertz CT molecular complexity index is 1150. The van der Waals surface area contributed by atoms with E-state index >= 15 is 0 Å². The Kier molecular flexibility index (Phi) is 8.24. The molecule has 1 N–H and O–H groups in total. The molecule has 0 fully saturated rings. The Morgan fingerprint density at radius 3 is 2.63 bits per heavy atom. The highest BCUT2D eigenvalue weighted by Gasteiger charge is 2.30. The van der Waals surface area contributed by atoms with E-state index in [1.54, 1.807) is 18.0 Å². The third-order valence-corrected chi connectivity index (χ3v) is 6.01. The van der Waals surface area contributed by atoms with Gasteiger partial charge in [0.05, 0.1) is 18.8 Å². The number of carbonyl (C=O) groups is 1. The molecule has 0 bridgehead atoms. The van der Waals surface area contributed by atoms with Crippen LogP contribution in [0.1, 0.15) is 58.6 Å². The highest BCUT2D eigenvalue weighted by molar-refractivity contribution is 5.75. The fourth-order valence-electron chi connectivity index (χ4n) is 4.12. The van der Waals surface area contributed by atoms with E-state index in [2.05, 4.69) is 15.3 Å². The molecule has 10 heteroatoms. The zero-order chi connectivity index (χ0) is 25.8. The third kappa shape index (κ3) is 6.43. The van der Waals surface area contributed by atoms with Gasteiger partial charge in [0.15, 0.2) is 5.65 Å². The molecule has 1 aromatic carbocycles. The Labute approximate surface area is 203 Å². The van der Waals surface area contributed by atoms with Crippen molar-refractivity contribution in [1.29, 1.82) is 0 Å². The van der Waals surface area contributed by atoms with Gasteiger partial charge < -0.3 is 19.4 Å². The Hall–Kier alpha value is -3.30. The second kappa shape index (κ2) is 11.0. The van der Waals surface area contributed by atoms with Crippen LogP contribution in [0.2, 0.25) is 0 Å². The maximum Gasteiger partial charge on any atom is 0.389 e. The molecular formula is C25H32F3N5O2. The molecule has 3 rings (SSSR count). The second-order valence-electron chi connectivity index (χ2n) is 8.80. The van der Waals surface area contributed by atoms with E-state index in [-0.39, 0.29) is 24.5 Å². The minimum absolute atomic E-state index is 0.147. The number of methoxy groups -OCH3 is 1. The number of alkyl halides is 3. The van der Waals surface area contributed by atoms with Crippen molar-refractivity contribution in [2.24, 2.45) is 0 Å². The number of nitrogens with one attached hydrogen (secondary N) is 1. The van der Waals surface area contributed by atoms with E-state index in [0.717, 1.165) is 11.1 Å². The number of rotatable bonds is 9. The van der Waals surface area contributed by atoms with Gasteiger partial charge in [-0.3, -0.25) is 0 Å². The first kappa shape index (κ1) is 26.3. The van der Waals surface area contributed by atoms with E-state index in [4.69, 9.17) is 4.74 Å². The van der Waals surface area contributed by atoms with Crippen LogP contribution in [0.3, 0.4) is 0 Å². The molecule has 0 radical (unpaired) electrons. The quantitative estimate of drug-likeness (QED) is 0.398. The molecule has 0 aliphatic rings. The van der Waals surface area contributed by atoms with Crippen LogP contribution < -0.4 is 10.1 Å². The normalized spacial score (nSPS) is 13.6. The Balaban J connectivity index is 1.84. The molecule has 0 aliphatic carbocycles. The number of nitrogens with zero attached hydrogens (tertiary/aromatic N) is 4. The van der Waals surface area contributed by atoms with Crippen LogP contribution >= 0.6 is 0 Å². The van der Waals surface area contributed by atoms with Gasteiger partial charge in [-0.2, -0.15) is 13.2 Å². The lowest BCUT2D eigenvalue weighted by molar-refractivity contribution is -0.136. The molecule has 2 heterocycles. The number of benzene rings is 1. The van der Waals surface area contributed by atoms with E-state index in [0.29, 0.717) is 23.6 Å². The number of fused-ring (bicyclic) bond motifs is 1. The standard InChI is InChI=1S/C25H32F3N5O2/c1-6-20(10-11-25(26,27)28)30-24(34)33(16(2)3)17(4)18-8-7-9-19(14-18)21-15-32-13-12-29-22(32)23(31-21)35-5/h7-9,12-17,20H,6,10-11H2,1-5H3,(H,30,34)/t17-,20-/m1/s1. The number of halogens is 3. The number of aromatic nitrogens is 3. The Morgan fingerprint density at radius 2 is 2.00 bits per heavy atom. The zero-order valence-corrected chi connectivity index (χ0v) is 20.6. The van der Waals surface area contributed by atoms with E-state index in [9.17, 15) is 18.0 Å². The fourth-order valence-corrected chi connectivity index (χ4v) is 4.12. The molecule has 190 valence electrons. The number of amides is 2. The first-order chi connectivity index (χ1) is 16.5. The summed E-state index contributed by atoms with van der Waals surface area (Å²) >= 11 is 0. The minimum atomic E-state index is -4.25. The van der Waals surface area contributed by atoms with Crippen LogP contribution in [-0.4, -0.2) is 50.7 Å². The predicted octanol–water partition coefficient (Wildman–Crippen LogP) is 6.01. The summed E-state index contributed by atoms with van der Waals surface area (Å²) in [6.45, 7) is 7.45. The van der Waals surface area contributed by atoms with Gasteiger partial charge in [-0.15, -0.1) is 0 Å². The van der Waals surface area contributed by atoms with Gasteiger partial charge in [-0.1, -0.05) is 25.1 Å². The van der Waals surface area contributed by atoms with Crippen molar-refractivity contribution in [2.45, 2.75) is 71.3 Å². The first-order valence-corrected chi connectivity index (χ1v) is 11.7. The summed E-state index contributed by atoms with van der Waals surface area (Å²) in [6, 6.07) is 6.26. The van der Waals surface area contributed by atoms with Crippen LogP contribution in [0.25, 0.3) is 16.9 Å². The number of carbonyl (C=O) groups excluding carboxylic acids is 1. The molecule has 0 unspecified atom stereocenters. The summed E-state index contributed by atoms with van der Waals surface area (Å²) in [5.74, 6) is 0.401. The van der Waals surface area contributed by atoms with Gasteiger partial charge in [0.25, 0.3) is 5.88 Å². The monoisotopic (exact) mass is 491 g/mol. The lowest BCUT2D eigenvalue weighted by Gasteiger charge is -2.35. The van der Waals surface area contributed by atoms with Crippen molar-refractivity contribution >= 4 is 11.7 Å². The molecule has 2 amide bonds. The number of hydrogen-bond donors (Lipinski definition) is 1. The average Bonchev–Trinajstić information content (AvgIpc) is 3.29. The van der Waals surface area contributed by atoms with Crippen molar-refractivity contribution in [3.05, 3.63) is 48.4 Å². The van der Waals surface area contributed by atoms with Crippen LogP contribution in [0.5, 0.6) is 5.88 Å². The summed E-state index contributed by atoms with van der Waals surface area (Å²) in [5.41, 5.74) is 3.00. The summed E-state index contributed by atoms with van der Waals surface area (Å²) in [6.07, 6.45) is 0.424. The van der Waals surface area contributed by atoms with Gasteiger partial charge in [-0.05, 0) is 45.2 Å². The van der Waals surface area contributed by atoms with E-state index < -0.39 is 18.6 Å². The fraction of sp³-hybridized carbons (Fsp3) is 0.480. The lowest BCUT2D eigenvalue weighted by atomic mass is 10.0. The molecule has 0 saturated heterocycles. The van der Waals surface area contributed by atoms with Gasteiger partial charge in [0, 0.05) is 42.7 Å². The second-order valence-corrected chi connectivity index (χ2v) is 8.80.